The van der Waals surface area contributed by atoms with Crippen LogP contribution >= 0.6 is 0 Å². The van der Waals surface area contributed by atoms with E-state index in [0.29, 0.717) is 13.2 Å². The number of para-hydroxylation sites is 1. The summed E-state index contributed by atoms with van der Waals surface area (Å²) in [4.78, 5) is 14.8. The molecule has 1 unspecified atom stereocenters. The summed E-state index contributed by atoms with van der Waals surface area (Å²) >= 11 is 0. The molecule has 2 heterocycles. The van der Waals surface area contributed by atoms with Gasteiger partial charge in [0.15, 0.2) is 0 Å². The predicted octanol–water partition coefficient (Wildman–Crippen LogP) is 3.51. The van der Waals surface area contributed by atoms with E-state index in [9.17, 15) is 4.79 Å². The lowest BCUT2D eigenvalue weighted by Crippen LogP contribution is -2.54. The maximum absolute atomic E-state index is 12.5. The lowest BCUT2D eigenvalue weighted by Gasteiger charge is -2.32. The molecule has 3 aromatic rings. The molecule has 1 aliphatic rings. The molecule has 0 amide bonds. The Morgan fingerprint density at radius 1 is 1.18 bits per heavy atom. The van der Waals surface area contributed by atoms with E-state index in [1.165, 1.54) is 10.9 Å². The fraction of sp³-hybridized carbons (Fsp3) is 0.348. The Balaban J connectivity index is 1.41. The van der Waals surface area contributed by atoms with Gasteiger partial charge in [0.1, 0.15) is 24.0 Å². The van der Waals surface area contributed by atoms with E-state index in [1.54, 1.807) is 0 Å². The van der Waals surface area contributed by atoms with Gasteiger partial charge in [-0.1, -0.05) is 55.5 Å². The van der Waals surface area contributed by atoms with Gasteiger partial charge < -0.3 is 14.5 Å². The summed E-state index contributed by atoms with van der Waals surface area (Å²) in [5.41, 5.74) is 3.17. The second-order valence-corrected chi connectivity index (χ2v) is 7.19. The number of rotatable bonds is 6. The first-order valence-electron chi connectivity index (χ1n) is 9.90. The zero-order valence-corrected chi connectivity index (χ0v) is 16.2. The van der Waals surface area contributed by atoms with Crippen LogP contribution in [0, 0.1) is 0 Å². The van der Waals surface area contributed by atoms with E-state index in [0.717, 1.165) is 43.0 Å². The summed E-state index contributed by atoms with van der Waals surface area (Å²) in [6, 6.07) is 17.6. The van der Waals surface area contributed by atoms with Crippen LogP contribution in [0.2, 0.25) is 0 Å². The number of carbonyl (C=O) groups is 1. The molecule has 146 valence electrons. The van der Waals surface area contributed by atoms with Crippen LogP contribution in [-0.2, 0) is 29.1 Å². The van der Waals surface area contributed by atoms with Gasteiger partial charge >= 0.3 is 5.97 Å². The number of aryl methyl sites for hydroxylation is 1. The third-order valence-electron chi connectivity index (χ3n) is 5.25. The summed E-state index contributed by atoms with van der Waals surface area (Å²) in [5, 5.41) is 4.46. The quantitative estimate of drug-likeness (QED) is 0.665. The van der Waals surface area contributed by atoms with Crippen LogP contribution in [-0.4, -0.2) is 36.5 Å². The second-order valence-electron chi connectivity index (χ2n) is 7.19. The van der Waals surface area contributed by atoms with Crippen molar-refractivity contribution < 1.29 is 13.9 Å². The minimum Gasteiger partial charge on any atom is -0.461 e. The molecule has 1 atom stereocenters. The first-order valence-corrected chi connectivity index (χ1v) is 9.90. The van der Waals surface area contributed by atoms with Gasteiger partial charge in [-0.15, -0.1) is 0 Å². The maximum atomic E-state index is 12.5. The van der Waals surface area contributed by atoms with Crippen molar-refractivity contribution in [2.45, 2.75) is 32.5 Å². The van der Waals surface area contributed by atoms with E-state index >= 15 is 0 Å². The van der Waals surface area contributed by atoms with Gasteiger partial charge in [0.05, 0.1) is 0 Å². The topological polar surface area (TPSA) is 54.7 Å². The van der Waals surface area contributed by atoms with Crippen LogP contribution in [0.25, 0.3) is 11.0 Å². The largest absolute Gasteiger partial charge is 0.461 e. The summed E-state index contributed by atoms with van der Waals surface area (Å²) in [7, 11) is 0. The van der Waals surface area contributed by atoms with Crippen LogP contribution in [0.1, 0.15) is 23.8 Å². The minimum atomic E-state index is -0.305. The van der Waals surface area contributed by atoms with Gasteiger partial charge in [-0.05, 0) is 11.6 Å². The third kappa shape index (κ3) is 4.11. The SMILES string of the molecule is CCc1oc2ccccc2c1CN1CCNC(C(=O)OCc2ccccc2)C1. The highest BCUT2D eigenvalue weighted by molar-refractivity contribution is 5.82. The number of hydrogen-bond donors (Lipinski definition) is 1. The Labute approximate surface area is 165 Å². The van der Waals surface area contributed by atoms with E-state index in [2.05, 4.69) is 23.2 Å². The van der Waals surface area contributed by atoms with E-state index in [4.69, 9.17) is 9.15 Å². The normalized spacial score (nSPS) is 17.7. The van der Waals surface area contributed by atoms with Crippen molar-refractivity contribution in [3.8, 4) is 0 Å². The summed E-state index contributed by atoms with van der Waals surface area (Å²) in [6.45, 7) is 5.50. The first kappa shape index (κ1) is 18.7. The second kappa shape index (κ2) is 8.59. The minimum absolute atomic E-state index is 0.193. The van der Waals surface area contributed by atoms with Crippen molar-refractivity contribution >= 4 is 16.9 Å². The number of fused-ring (bicyclic) bond motifs is 1. The maximum Gasteiger partial charge on any atom is 0.324 e. The van der Waals surface area contributed by atoms with Crippen LogP contribution in [0.3, 0.4) is 0 Å². The molecule has 0 saturated carbocycles. The first-order chi connectivity index (χ1) is 13.7. The number of ether oxygens (including phenoxy) is 1. The van der Waals surface area contributed by atoms with Crippen molar-refractivity contribution in [2.75, 3.05) is 19.6 Å². The summed E-state index contributed by atoms with van der Waals surface area (Å²) < 4.78 is 11.5. The Bertz CT molecular complexity index is 935. The monoisotopic (exact) mass is 378 g/mol. The fourth-order valence-electron chi connectivity index (χ4n) is 3.77. The van der Waals surface area contributed by atoms with Crippen LogP contribution < -0.4 is 5.32 Å². The molecule has 5 heteroatoms. The Kier molecular flexibility index (Phi) is 5.74. The van der Waals surface area contributed by atoms with E-state index in [-0.39, 0.29) is 12.0 Å². The molecule has 0 bridgehead atoms. The Hall–Kier alpha value is -2.63. The van der Waals surface area contributed by atoms with Gasteiger partial charge in [0, 0.05) is 43.5 Å². The smallest absolute Gasteiger partial charge is 0.324 e. The van der Waals surface area contributed by atoms with Crippen LogP contribution in [0.4, 0.5) is 0 Å². The molecule has 28 heavy (non-hydrogen) atoms. The average Bonchev–Trinajstić information content (AvgIpc) is 3.10. The molecule has 0 aliphatic carbocycles. The lowest BCUT2D eigenvalue weighted by atomic mass is 10.1. The van der Waals surface area contributed by atoms with Gasteiger partial charge in [0.25, 0.3) is 0 Å². The fourth-order valence-corrected chi connectivity index (χ4v) is 3.77. The molecule has 2 aromatic carbocycles. The van der Waals surface area contributed by atoms with E-state index in [1.807, 2.05) is 48.5 Å². The Morgan fingerprint density at radius 3 is 2.79 bits per heavy atom. The molecule has 1 aliphatic heterocycles. The van der Waals surface area contributed by atoms with Gasteiger partial charge in [-0.25, -0.2) is 0 Å². The number of carbonyl (C=O) groups excluding carboxylic acids is 1. The van der Waals surface area contributed by atoms with Gasteiger partial charge in [-0.2, -0.15) is 0 Å². The standard InChI is InChI=1S/C23H26N2O3/c1-2-21-19(18-10-6-7-11-22(18)28-21)14-25-13-12-24-20(15-25)23(26)27-16-17-8-4-3-5-9-17/h3-11,20,24H,2,12-16H2,1H3. The third-order valence-corrected chi connectivity index (χ3v) is 5.25. The Morgan fingerprint density at radius 2 is 1.96 bits per heavy atom. The van der Waals surface area contributed by atoms with Crippen LogP contribution in [0.5, 0.6) is 0 Å². The number of benzene rings is 2. The molecule has 4 rings (SSSR count). The molecule has 1 N–H and O–H groups in total. The number of piperazine rings is 1. The highest BCUT2D eigenvalue weighted by atomic mass is 16.5. The summed E-state index contributed by atoms with van der Waals surface area (Å²) in [6.07, 6.45) is 0.860. The van der Waals surface area contributed by atoms with Crippen molar-refractivity contribution in [1.29, 1.82) is 0 Å². The zero-order chi connectivity index (χ0) is 19.3. The summed E-state index contributed by atoms with van der Waals surface area (Å²) in [5.74, 6) is 0.837. The zero-order valence-electron chi connectivity index (χ0n) is 16.2. The number of hydrogen-bond acceptors (Lipinski definition) is 5. The number of nitrogens with one attached hydrogen (secondary N) is 1. The molecule has 1 saturated heterocycles. The average molecular weight is 378 g/mol. The van der Waals surface area contributed by atoms with Gasteiger partial charge in [0.2, 0.25) is 0 Å². The molecular formula is C23H26N2O3. The molecule has 1 fully saturated rings. The molecule has 0 radical (unpaired) electrons. The van der Waals surface area contributed by atoms with Crippen molar-refractivity contribution in [2.24, 2.45) is 0 Å². The van der Waals surface area contributed by atoms with Crippen LogP contribution in [0.15, 0.2) is 59.0 Å². The molecule has 1 aromatic heterocycles. The molecule has 0 spiro atoms. The van der Waals surface area contributed by atoms with Crippen molar-refractivity contribution in [3.05, 3.63) is 71.5 Å². The number of nitrogens with zero attached hydrogens (tertiary/aromatic N) is 1. The lowest BCUT2D eigenvalue weighted by molar-refractivity contribution is -0.148. The number of esters is 1. The van der Waals surface area contributed by atoms with E-state index < -0.39 is 0 Å². The van der Waals surface area contributed by atoms with Crippen molar-refractivity contribution in [3.63, 3.8) is 0 Å². The molecular weight excluding hydrogens is 352 g/mol. The predicted molar refractivity (Wildman–Crippen MR) is 109 cm³/mol. The van der Waals surface area contributed by atoms with Crippen molar-refractivity contribution in [1.82, 2.24) is 10.2 Å². The highest BCUT2D eigenvalue weighted by Gasteiger charge is 2.28. The highest BCUT2D eigenvalue weighted by Crippen LogP contribution is 2.27. The van der Waals surface area contributed by atoms with Gasteiger partial charge in [-0.3, -0.25) is 9.69 Å². The number of furan rings is 1. The molecule has 5 nitrogen and oxygen atoms in total.